The Morgan fingerprint density at radius 3 is 2.81 bits per heavy atom. The Kier molecular flexibility index (Phi) is 5.93. The molecule has 0 atom stereocenters. The number of anilines is 2. The molecule has 0 spiro atoms. The molecule has 36 heavy (non-hydrogen) atoms. The maximum absolute atomic E-state index is 13.2. The first-order valence-electron chi connectivity index (χ1n) is 12.0. The number of thiazole rings is 1. The van der Waals surface area contributed by atoms with Crippen LogP contribution in [-0.2, 0) is 4.74 Å². The van der Waals surface area contributed by atoms with Gasteiger partial charge < -0.3 is 19.5 Å². The quantitative estimate of drug-likeness (QED) is 0.402. The Hall–Kier alpha value is -3.71. The number of nitrogens with one attached hydrogen (secondary N) is 1. The van der Waals surface area contributed by atoms with Crippen molar-refractivity contribution in [3.05, 3.63) is 41.6 Å². The van der Waals surface area contributed by atoms with Crippen LogP contribution in [0.5, 0.6) is 0 Å². The molecule has 1 saturated carbocycles. The van der Waals surface area contributed by atoms with Gasteiger partial charge >= 0.3 is 0 Å². The van der Waals surface area contributed by atoms with Gasteiger partial charge in [-0.2, -0.15) is 0 Å². The second-order valence-electron chi connectivity index (χ2n) is 9.17. The van der Waals surface area contributed by atoms with Gasteiger partial charge in [0.2, 0.25) is 5.82 Å². The number of hydrogen-bond donors (Lipinski definition) is 1. The van der Waals surface area contributed by atoms with Crippen molar-refractivity contribution in [3.8, 4) is 16.5 Å². The van der Waals surface area contributed by atoms with Gasteiger partial charge in [0.05, 0.1) is 48.8 Å². The predicted molar refractivity (Wildman–Crippen MR) is 134 cm³/mol. The van der Waals surface area contributed by atoms with Gasteiger partial charge in [-0.15, -0.1) is 16.4 Å². The lowest BCUT2D eigenvalue weighted by Gasteiger charge is -2.30. The number of aromatic nitrogens is 8. The summed E-state index contributed by atoms with van der Waals surface area (Å²) in [5, 5.41) is 17.1. The van der Waals surface area contributed by atoms with Crippen LogP contribution in [0.3, 0.4) is 0 Å². The van der Waals surface area contributed by atoms with Crippen LogP contribution >= 0.6 is 11.3 Å². The molecule has 2 fully saturated rings. The fourth-order valence-electron chi connectivity index (χ4n) is 4.17. The smallest absolute Gasteiger partial charge is 0.275 e. The first-order chi connectivity index (χ1) is 17.6. The van der Waals surface area contributed by atoms with Crippen molar-refractivity contribution in [1.29, 1.82) is 0 Å². The summed E-state index contributed by atoms with van der Waals surface area (Å²) in [6, 6.07) is 1.90. The van der Waals surface area contributed by atoms with E-state index in [9.17, 15) is 4.79 Å². The van der Waals surface area contributed by atoms with Crippen molar-refractivity contribution < 1.29 is 9.53 Å². The second-order valence-corrected chi connectivity index (χ2v) is 10.0. The summed E-state index contributed by atoms with van der Waals surface area (Å²) < 4.78 is 9.21. The maximum Gasteiger partial charge on any atom is 0.275 e. The summed E-state index contributed by atoms with van der Waals surface area (Å²) in [6.45, 7) is 6.84. The zero-order chi connectivity index (χ0) is 24.6. The first kappa shape index (κ1) is 22.7. The Labute approximate surface area is 211 Å². The predicted octanol–water partition coefficient (Wildman–Crippen LogP) is 2.92. The molecule has 4 aromatic heterocycles. The van der Waals surface area contributed by atoms with E-state index in [1.807, 2.05) is 30.8 Å². The van der Waals surface area contributed by atoms with Gasteiger partial charge in [-0.05, 0) is 43.2 Å². The molecule has 4 aromatic rings. The van der Waals surface area contributed by atoms with E-state index in [-0.39, 0.29) is 11.9 Å². The SMILES string of the molecule is CC(C)n1nnnc1-c1nc(NC(=O)c2cc(-n3cnc(C4CC4)c3)c(N3CCOCC3)cn2)cs1. The van der Waals surface area contributed by atoms with E-state index in [1.165, 1.54) is 24.2 Å². The van der Waals surface area contributed by atoms with Crippen LogP contribution in [0.1, 0.15) is 54.8 Å². The van der Waals surface area contributed by atoms with E-state index in [1.54, 1.807) is 16.3 Å². The minimum atomic E-state index is -0.340. The van der Waals surface area contributed by atoms with Gasteiger partial charge in [-0.25, -0.2) is 19.6 Å². The molecule has 12 nitrogen and oxygen atoms in total. The second kappa shape index (κ2) is 9.39. The molecule has 0 bridgehead atoms. The lowest BCUT2D eigenvalue weighted by molar-refractivity contribution is 0.102. The number of carbonyl (C=O) groups is 1. The van der Waals surface area contributed by atoms with E-state index in [2.05, 4.69) is 46.9 Å². The van der Waals surface area contributed by atoms with Crippen LogP contribution in [0.2, 0.25) is 0 Å². The van der Waals surface area contributed by atoms with Gasteiger partial charge in [-0.3, -0.25) is 4.79 Å². The molecule has 1 amide bonds. The number of tetrazole rings is 1. The molecule has 186 valence electrons. The van der Waals surface area contributed by atoms with Gasteiger partial charge in [0, 0.05) is 30.6 Å². The monoisotopic (exact) mass is 506 g/mol. The lowest BCUT2D eigenvalue weighted by atomic mass is 10.2. The van der Waals surface area contributed by atoms with Crippen molar-refractivity contribution in [1.82, 2.24) is 39.7 Å². The molecule has 5 heterocycles. The number of pyridine rings is 1. The lowest BCUT2D eigenvalue weighted by Crippen LogP contribution is -2.37. The van der Waals surface area contributed by atoms with Gasteiger partial charge in [0.1, 0.15) is 11.5 Å². The average Bonchev–Trinajstić information content (AvgIpc) is 3.28. The van der Waals surface area contributed by atoms with Gasteiger partial charge in [-0.1, -0.05) is 0 Å². The first-order valence-corrected chi connectivity index (χ1v) is 12.9. The van der Waals surface area contributed by atoms with Crippen LogP contribution in [0, 0.1) is 0 Å². The summed E-state index contributed by atoms with van der Waals surface area (Å²) in [6.07, 6.45) is 7.99. The van der Waals surface area contributed by atoms with Crippen molar-refractivity contribution in [2.24, 2.45) is 0 Å². The van der Waals surface area contributed by atoms with E-state index >= 15 is 0 Å². The van der Waals surface area contributed by atoms with Crippen LogP contribution in [0.25, 0.3) is 16.5 Å². The van der Waals surface area contributed by atoms with Crippen molar-refractivity contribution >= 4 is 28.7 Å². The fraction of sp³-hybridized carbons (Fsp3) is 0.435. The third-order valence-electron chi connectivity index (χ3n) is 6.24. The van der Waals surface area contributed by atoms with E-state index in [0.717, 1.165) is 30.2 Å². The highest BCUT2D eigenvalue weighted by molar-refractivity contribution is 7.13. The molecule has 1 N–H and O–H groups in total. The Morgan fingerprint density at radius 1 is 1.19 bits per heavy atom. The number of rotatable bonds is 7. The number of hydrogen-bond acceptors (Lipinski definition) is 10. The number of amides is 1. The summed E-state index contributed by atoms with van der Waals surface area (Å²) >= 11 is 1.37. The summed E-state index contributed by atoms with van der Waals surface area (Å²) in [7, 11) is 0. The van der Waals surface area contributed by atoms with E-state index < -0.39 is 0 Å². The average molecular weight is 507 g/mol. The zero-order valence-corrected chi connectivity index (χ0v) is 20.9. The molecule has 13 heteroatoms. The molecule has 1 saturated heterocycles. The van der Waals surface area contributed by atoms with Crippen LogP contribution < -0.4 is 10.2 Å². The van der Waals surface area contributed by atoms with Crippen molar-refractivity contribution in [2.75, 3.05) is 36.5 Å². The number of imidazole rings is 1. The highest BCUT2D eigenvalue weighted by atomic mass is 32.1. The number of nitrogens with zero attached hydrogens (tertiary/aromatic N) is 9. The number of ether oxygens (including phenoxy) is 1. The normalized spacial score (nSPS) is 16.0. The topological polar surface area (TPSA) is 129 Å². The van der Waals surface area contributed by atoms with Crippen LogP contribution in [0.15, 0.2) is 30.2 Å². The minimum absolute atomic E-state index is 0.0909. The third kappa shape index (κ3) is 4.46. The molecule has 0 aromatic carbocycles. The molecule has 0 unspecified atom stereocenters. The molecule has 6 rings (SSSR count). The molecule has 0 radical (unpaired) electrons. The van der Waals surface area contributed by atoms with Crippen molar-refractivity contribution in [2.45, 2.75) is 38.6 Å². The maximum atomic E-state index is 13.2. The summed E-state index contributed by atoms with van der Waals surface area (Å²) in [4.78, 5) is 29.0. The number of morpholine rings is 1. The van der Waals surface area contributed by atoms with Gasteiger partial charge in [0.15, 0.2) is 5.01 Å². The Bertz CT molecular complexity index is 1380. The molecular weight excluding hydrogens is 480 g/mol. The summed E-state index contributed by atoms with van der Waals surface area (Å²) in [5.41, 5.74) is 3.20. The number of carbonyl (C=O) groups excluding carboxylic acids is 1. The molecule has 2 aliphatic rings. The van der Waals surface area contributed by atoms with Crippen LogP contribution in [-0.4, -0.2) is 71.9 Å². The third-order valence-corrected chi connectivity index (χ3v) is 7.08. The Balaban J connectivity index is 1.27. The highest BCUT2D eigenvalue weighted by Gasteiger charge is 2.27. The van der Waals surface area contributed by atoms with Crippen LogP contribution in [0.4, 0.5) is 11.5 Å². The summed E-state index contributed by atoms with van der Waals surface area (Å²) in [5.74, 6) is 1.20. The molecular formula is C23H26N10O2S. The molecule has 1 aliphatic heterocycles. The minimum Gasteiger partial charge on any atom is -0.378 e. The zero-order valence-electron chi connectivity index (χ0n) is 20.0. The van der Waals surface area contributed by atoms with Crippen molar-refractivity contribution in [3.63, 3.8) is 0 Å². The molecule has 1 aliphatic carbocycles. The van der Waals surface area contributed by atoms with E-state index in [0.29, 0.717) is 41.5 Å². The Morgan fingerprint density at radius 2 is 2.03 bits per heavy atom. The van der Waals surface area contributed by atoms with Gasteiger partial charge in [0.25, 0.3) is 5.91 Å². The fourth-order valence-corrected chi connectivity index (χ4v) is 4.90. The van der Waals surface area contributed by atoms with E-state index in [4.69, 9.17) is 4.74 Å². The highest BCUT2D eigenvalue weighted by Crippen LogP contribution is 2.39. The largest absolute Gasteiger partial charge is 0.378 e. The standard InChI is InChI=1S/C23H26N10O2S/c1-14(2)33-21(28-29-30-33)23-27-20(12-36-23)26-22(34)16-9-18(32-11-17(25-13-32)15-3-4-15)19(10-24-16)31-5-7-35-8-6-31/h9-15H,3-8H2,1-2H3,(H,26,34).